The Morgan fingerprint density at radius 3 is 2.88 bits per heavy atom. The van der Waals surface area contributed by atoms with Crippen LogP contribution in [0.3, 0.4) is 0 Å². The Bertz CT molecular complexity index is 1100. The van der Waals surface area contributed by atoms with E-state index in [4.69, 9.17) is 16.3 Å². The van der Waals surface area contributed by atoms with E-state index in [-0.39, 0.29) is 5.56 Å². The third-order valence-corrected chi connectivity index (χ3v) is 6.53. The number of likely N-dealkylation sites (tertiary alicyclic amines) is 1. The van der Waals surface area contributed by atoms with Crippen molar-refractivity contribution in [2.24, 2.45) is 0 Å². The molecule has 1 atom stereocenters. The lowest BCUT2D eigenvalue weighted by molar-refractivity contribution is 0.0309. The maximum atomic E-state index is 12.1. The van der Waals surface area contributed by atoms with Crippen LogP contribution in [-0.2, 0) is 4.74 Å². The second-order valence-corrected chi connectivity index (χ2v) is 8.84. The zero-order valence-corrected chi connectivity index (χ0v) is 19.3. The fraction of sp³-hybridized carbons (Fsp3) is 0.440. The summed E-state index contributed by atoms with van der Waals surface area (Å²) in [6, 6.07) is 13.3. The lowest BCUT2D eigenvalue weighted by atomic mass is 10.0. The van der Waals surface area contributed by atoms with Crippen LogP contribution in [0.5, 0.6) is 0 Å². The number of fused-ring (bicyclic) bond motifs is 1. The minimum Gasteiger partial charge on any atom is -0.384 e. The molecule has 3 aromatic rings. The number of methoxy groups -OCH3 is 1. The van der Waals surface area contributed by atoms with Crippen molar-refractivity contribution in [3.8, 4) is 11.3 Å². The molecule has 2 heterocycles. The standard InChI is InChI=1S/C25H31ClN4O2/c1-32-19-8-7-15-30(17-19)14-6-2-5-13-27-23-16-18(11-12-22(23)26)24-20-9-3-4-10-21(20)25(31)29-28-24/h3-4,9-12,16,19,27H,2,5-8,13-15,17H2,1H3,(H,29,31). The molecule has 2 aromatic carbocycles. The fourth-order valence-electron chi connectivity index (χ4n) is 4.41. The number of aromatic amines is 1. The summed E-state index contributed by atoms with van der Waals surface area (Å²) >= 11 is 6.44. The number of rotatable bonds is 9. The number of halogens is 1. The summed E-state index contributed by atoms with van der Waals surface area (Å²) in [4.78, 5) is 14.6. The molecule has 0 aliphatic carbocycles. The van der Waals surface area contributed by atoms with Gasteiger partial charge in [0.2, 0.25) is 0 Å². The molecule has 0 amide bonds. The number of benzene rings is 2. The summed E-state index contributed by atoms with van der Waals surface area (Å²) in [5.41, 5.74) is 2.37. The van der Waals surface area contributed by atoms with E-state index in [0.29, 0.717) is 16.5 Å². The van der Waals surface area contributed by atoms with Crippen molar-refractivity contribution < 1.29 is 4.74 Å². The average molecular weight is 455 g/mol. The Hall–Kier alpha value is -2.41. The zero-order valence-electron chi connectivity index (χ0n) is 18.6. The van der Waals surface area contributed by atoms with E-state index in [2.05, 4.69) is 20.4 Å². The molecule has 170 valence electrons. The van der Waals surface area contributed by atoms with Gasteiger partial charge in [0, 0.05) is 31.1 Å². The molecule has 7 heteroatoms. The van der Waals surface area contributed by atoms with Crippen LogP contribution < -0.4 is 10.9 Å². The molecule has 2 N–H and O–H groups in total. The number of nitrogens with zero attached hydrogens (tertiary/aromatic N) is 2. The second kappa shape index (κ2) is 10.9. The van der Waals surface area contributed by atoms with Gasteiger partial charge in [-0.05, 0) is 57.0 Å². The van der Waals surface area contributed by atoms with E-state index in [1.165, 1.54) is 32.2 Å². The highest BCUT2D eigenvalue weighted by Gasteiger charge is 2.18. The molecule has 1 fully saturated rings. The Morgan fingerprint density at radius 1 is 1.19 bits per heavy atom. The number of nitrogens with one attached hydrogen (secondary N) is 2. The van der Waals surface area contributed by atoms with Gasteiger partial charge < -0.3 is 15.0 Å². The van der Waals surface area contributed by atoms with Crippen LogP contribution in [0.1, 0.15) is 32.1 Å². The van der Waals surface area contributed by atoms with E-state index in [9.17, 15) is 4.79 Å². The molecule has 0 bridgehead atoms. The maximum absolute atomic E-state index is 12.1. The smallest absolute Gasteiger partial charge is 0.272 e. The molecule has 1 aromatic heterocycles. The van der Waals surface area contributed by atoms with E-state index in [0.717, 1.165) is 48.4 Å². The largest absolute Gasteiger partial charge is 0.384 e. The SMILES string of the molecule is COC1CCCN(CCCCCNc2cc(-c3n[nH]c(=O)c4ccccc34)ccc2Cl)C1. The van der Waals surface area contributed by atoms with Crippen LogP contribution in [-0.4, -0.2) is 54.5 Å². The Balaban J connectivity index is 1.32. The normalized spacial score (nSPS) is 17.0. The molecule has 4 rings (SSSR count). The first kappa shape index (κ1) is 22.8. The van der Waals surface area contributed by atoms with Gasteiger partial charge in [0.05, 0.1) is 27.9 Å². The summed E-state index contributed by atoms with van der Waals surface area (Å²) in [5, 5.41) is 12.5. The Morgan fingerprint density at radius 2 is 2.03 bits per heavy atom. The van der Waals surface area contributed by atoms with Gasteiger partial charge in [-0.1, -0.05) is 42.3 Å². The third-order valence-electron chi connectivity index (χ3n) is 6.20. The number of hydrogen-bond acceptors (Lipinski definition) is 5. The van der Waals surface area contributed by atoms with Crippen molar-refractivity contribution in [3.05, 3.63) is 57.8 Å². The van der Waals surface area contributed by atoms with Crippen LogP contribution in [0, 0.1) is 0 Å². The van der Waals surface area contributed by atoms with E-state index in [1.54, 1.807) is 0 Å². The summed E-state index contributed by atoms with van der Waals surface area (Å²) in [6.45, 7) is 4.25. The predicted molar refractivity (Wildman–Crippen MR) is 132 cm³/mol. The fourth-order valence-corrected chi connectivity index (χ4v) is 4.60. The number of aromatic nitrogens is 2. The monoisotopic (exact) mass is 454 g/mol. The highest BCUT2D eigenvalue weighted by molar-refractivity contribution is 6.33. The number of H-pyrrole nitrogens is 1. The minimum atomic E-state index is -0.182. The maximum Gasteiger partial charge on any atom is 0.272 e. The molecular weight excluding hydrogens is 424 g/mol. The lowest BCUT2D eigenvalue weighted by Gasteiger charge is -2.31. The summed E-state index contributed by atoms with van der Waals surface area (Å²) < 4.78 is 5.51. The van der Waals surface area contributed by atoms with E-state index in [1.807, 2.05) is 49.6 Å². The molecule has 6 nitrogen and oxygen atoms in total. The molecule has 1 aliphatic rings. The van der Waals surface area contributed by atoms with Gasteiger partial charge in [-0.15, -0.1) is 0 Å². The van der Waals surface area contributed by atoms with Crippen LogP contribution >= 0.6 is 11.6 Å². The summed E-state index contributed by atoms with van der Waals surface area (Å²) in [7, 11) is 1.82. The van der Waals surface area contributed by atoms with Crippen molar-refractivity contribution >= 4 is 28.1 Å². The number of anilines is 1. The van der Waals surface area contributed by atoms with E-state index < -0.39 is 0 Å². The van der Waals surface area contributed by atoms with Crippen molar-refractivity contribution in [2.75, 3.05) is 38.6 Å². The van der Waals surface area contributed by atoms with Gasteiger partial charge in [-0.3, -0.25) is 4.79 Å². The van der Waals surface area contributed by atoms with Crippen LogP contribution in [0.2, 0.25) is 5.02 Å². The van der Waals surface area contributed by atoms with Crippen molar-refractivity contribution in [3.63, 3.8) is 0 Å². The van der Waals surface area contributed by atoms with Crippen molar-refractivity contribution in [2.45, 2.75) is 38.2 Å². The summed E-state index contributed by atoms with van der Waals surface area (Å²) in [6.07, 6.45) is 6.26. The topological polar surface area (TPSA) is 70.2 Å². The molecule has 1 aliphatic heterocycles. The van der Waals surface area contributed by atoms with Crippen LogP contribution in [0.4, 0.5) is 5.69 Å². The number of unbranched alkanes of at least 4 members (excludes halogenated alkanes) is 2. The van der Waals surface area contributed by atoms with Gasteiger partial charge >= 0.3 is 0 Å². The zero-order chi connectivity index (χ0) is 22.3. The molecule has 0 radical (unpaired) electrons. The Kier molecular flexibility index (Phi) is 7.79. The predicted octanol–water partition coefficient (Wildman–Crippen LogP) is 4.94. The average Bonchev–Trinajstić information content (AvgIpc) is 2.83. The quantitative estimate of drug-likeness (QED) is 0.448. The molecule has 1 unspecified atom stereocenters. The molecule has 0 saturated carbocycles. The molecule has 32 heavy (non-hydrogen) atoms. The summed E-state index contributed by atoms with van der Waals surface area (Å²) in [5.74, 6) is 0. The van der Waals surface area contributed by atoms with Gasteiger partial charge in [-0.25, -0.2) is 5.10 Å². The lowest BCUT2D eigenvalue weighted by Crippen LogP contribution is -2.39. The van der Waals surface area contributed by atoms with Crippen LogP contribution in [0.15, 0.2) is 47.3 Å². The number of hydrogen-bond donors (Lipinski definition) is 2. The first-order valence-corrected chi connectivity index (χ1v) is 11.8. The number of piperidine rings is 1. The van der Waals surface area contributed by atoms with Crippen LogP contribution in [0.25, 0.3) is 22.0 Å². The molecule has 0 spiro atoms. The highest BCUT2D eigenvalue weighted by Crippen LogP contribution is 2.30. The molecular formula is C25H31ClN4O2. The third kappa shape index (κ3) is 5.49. The molecule has 1 saturated heterocycles. The van der Waals surface area contributed by atoms with E-state index >= 15 is 0 Å². The van der Waals surface area contributed by atoms with Gasteiger partial charge in [-0.2, -0.15) is 5.10 Å². The van der Waals surface area contributed by atoms with Gasteiger partial charge in [0.15, 0.2) is 0 Å². The van der Waals surface area contributed by atoms with Crippen molar-refractivity contribution in [1.82, 2.24) is 15.1 Å². The first-order chi connectivity index (χ1) is 15.7. The Labute approximate surface area is 193 Å². The van der Waals surface area contributed by atoms with Gasteiger partial charge in [0.1, 0.15) is 0 Å². The highest BCUT2D eigenvalue weighted by atomic mass is 35.5. The first-order valence-electron chi connectivity index (χ1n) is 11.4. The van der Waals surface area contributed by atoms with Crippen molar-refractivity contribution in [1.29, 1.82) is 0 Å². The number of ether oxygens (including phenoxy) is 1. The van der Waals surface area contributed by atoms with Gasteiger partial charge in [0.25, 0.3) is 5.56 Å². The second-order valence-electron chi connectivity index (χ2n) is 8.43. The minimum absolute atomic E-state index is 0.182.